The molecule has 4 aromatic rings. The maximum atomic E-state index is 13.7. The number of rotatable bonds is 12. The monoisotopic (exact) mass is 624 g/mol. The highest BCUT2D eigenvalue weighted by Gasteiger charge is 2.23. The van der Waals surface area contributed by atoms with Crippen LogP contribution in [0.2, 0.25) is 5.02 Å². The molecule has 0 saturated carbocycles. The molecule has 3 N–H and O–H groups in total. The Morgan fingerprint density at radius 1 is 0.860 bits per heavy atom. The molecule has 0 saturated heterocycles. The number of anilines is 1. The maximum absolute atomic E-state index is 13.7. The van der Waals surface area contributed by atoms with Crippen LogP contribution in [0.25, 0.3) is 0 Å². The molecule has 0 atom stereocenters. The Morgan fingerprint density at radius 3 is 2.33 bits per heavy atom. The van der Waals surface area contributed by atoms with Crippen molar-refractivity contribution in [3.05, 3.63) is 107 Å². The number of ether oxygens (including phenoxy) is 3. The highest BCUT2D eigenvalue weighted by Crippen LogP contribution is 2.34. The average molecular weight is 625 g/mol. The lowest BCUT2D eigenvalue weighted by atomic mass is 9.98. The van der Waals surface area contributed by atoms with Crippen LogP contribution in [0.5, 0.6) is 23.0 Å². The number of sulfonamides is 1. The van der Waals surface area contributed by atoms with E-state index in [2.05, 4.69) is 10.0 Å². The van der Waals surface area contributed by atoms with E-state index in [9.17, 15) is 18.3 Å². The van der Waals surface area contributed by atoms with E-state index in [0.29, 0.717) is 39.0 Å². The molecule has 0 aliphatic rings. The van der Waals surface area contributed by atoms with E-state index >= 15 is 0 Å². The number of carbonyl (C=O) groups is 1. The minimum atomic E-state index is -4.20. The Balaban J connectivity index is 1.66. The molecule has 0 aliphatic heterocycles. The second-order valence-electron chi connectivity index (χ2n) is 10.2. The molecule has 4 rings (SSSR count). The summed E-state index contributed by atoms with van der Waals surface area (Å²) in [4.78, 5) is 12.6. The minimum Gasteiger partial charge on any atom is -0.497 e. The van der Waals surface area contributed by atoms with E-state index in [0.717, 1.165) is 0 Å². The second-order valence-corrected chi connectivity index (χ2v) is 12.3. The van der Waals surface area contributed by atoms with Crippen LogP contribution >= 0.6 is 11.6 Å². The predicted molar refractivity (Wildman–Crippen MR) is 166 cm³/mol. The molecule has 226 valence electrons. The normalized spacial score (nSPS) is 11.6. The first kappa shape index (κ1) is 31.8. The molecule has 43 heavy (non-hydrogen) atoms. The summed E-state index contributed by atoms with van der Waals surface area (Å²) < 4.78 is 46.7. The Kier molecular flexibility index (Phi) is 9.98. The Labute approximate surface area is 256 Å². The van der Waals surface area contributed by atoms with Gasteiger partial charge in [-0.05, 0) is 67.4 Å². The highest BCUT2D eigenvalue weighted by atomic mass is 35.5. The third kappa shape index (κ3) is 8.26. The fourth-order valence-corrected chi connectivity index (χ4v) is 5.58. The zero-order chi connectivity index (χ0) is 31.2. The van der Waals surface area contributed by atoms with E-state index in [1.165, 1.54) is 26.4 Å². The molecule has 0 aromatic heterocycles. The van der Waals surface area contributed by atoms with Crippen molar-refractivity contribution in [3.63, 3.8) is 0 Å². The SMILES string of the molecule is COc1ccc(CNS(=O)(=O)c2cc(NC(=O)Cc3ccccc3Cl)ccc2Oc2cccc(C(C)(C)O)c2)c(OC)c1. The summed E-state index contributed by atoms with van der Waals surface area (Å²) in [5, 5.41) is 13.6. The van der Waals surface area contributed by atoms with Gasteiger partial charge in [-0.25, -0.2) is 13.1 Å². The number of hydrogen-bond donors (Lipinski definition) is 3. The molecular formula is C32H33ClN2O7S. The molecule has 11 heteroatoms. The zero-order valence-electron chi connectivity index (χ0n) is 24.2. The molecule has 0 aliphatic carbocycles. The van der Waals surface area contributed by atoms with Crippen LogP contribution in [0.3, 0.4) is 0 Å². The summed E-state index contributed by atoms with van der Waals surface area (Å²) >= 11 is 6.20. The van der Waals surface area contributed by atoms with Gasteiger partial charge in [-0.1, -0.05) is 48.0 Å². The number of methoxy groups -OCH3 is 2. The zero-order valence-corrected chi connectivity index (χ0v) is 25.8. The van der Waals surface area contributed by atoms with Crippen LogP contribution in [0, 0.1) is 0 Å². The van der Waals surface area contributed by atoms with Crippen LogP contribution in [-0.2, 0) is 33.4 Å². The van der Waals surface area contributed by atoms with Crippen LogP contribution in [-0.4, -0.2) is 33.7 Å². The highest BCUT2D eigenvalue weighted by molar-refractivity contribution is 7.89. The molecule has 0 bridgehead atoms. The Morgan fingerprint density at radius 2 is 1.63 bits per heavy atom. The van der Waals surface area contributed by atoms with Crippen molar-refractivity contribution in [1.82, 2.24) is 4.72 Å². The first-order valence-electron chi connectivity index (χ1n) is 13.3. The van der Waals surface area contributed by atoms with Crippen molar-refractivity contribution in [2.24, 2.45) is 0 Å². The number of aliphatic hydroxyl groups is 1. The van der Waals surface area contributed by atoms with Crippen molar-refractivity contribution < 1.29 is 32.5 Å². The van der Waals surface area contributed by atoms with Gasteiger partial charge in [-0.15, -0.1) is 0 Å². The van der Waals surface area contributed by atoms with Crippen molar-refractivity contribution in [1.29, 1.82) is 0 Å². The Bertz CT molecular complexity index is 1720. The molecule has 0 spiro atoms. The molecule has 4 aromatic carbocycles. The standard InChI is InChI=1S/C32H33ClN2O7S/c1-32(2,37)23-9-7-10-26(17-23)42-28-15-13-24(35-31(36)16-21-8-5-6-11-27(21)33)18-30(28)43(38,39)34-20-22-12-14-25(40-3)19-29(22)41-4/h5-15,17-19,34,37H,16,20H2,1-4H3,(H,35,36). The summed E-state index contributed by atoms with van der Waals surface area (Å²) in [6.07, 6.45) is -0.000734. The van der Waals surface area contributed by atoms with E-state index < -0.39 is 15.6 Å². The first-order chi connectivity index (χ1) is 20.4. The van der Waals surface area contributed by atoms with Crippen LogP contribution in [0.15, 0.2) is 89.8 Å². The van der Waals surface area contributed by atoms with Gasteiger partial charge in [0.2, 0.25) is 15.9 Å². The molecule has 9 nitrogen and oxygen atoms in total. The van der Waals surface area contributed by atoms with Crippen LogP contribution in [0.1, 0.15) is 30.5 Å². The summed E-state index contributed by atoms with van der Waals surface area (Å²) in [5.41, 5.74) is 0.913. The number of benzene rings is 4. The number of halogens is 1. The van der Waals surface area contributed by atoms with E-state index in [4.69, 9.17) is 25.8 Å². The number of carbonyl (C=O) groups excluding carboxylic acids is 1. The number of amides is 1. The van der Waals surface area contributed by atoms with E-state index in [1.54, 1.807) is 86.6 Å². The van der Waals surface area contributed by atoms with Gasteiger partial charge in [0, 0.05) is 28.9 Å². The lowest BCUT2D eigenvalue weighted by Gasteiger charge is -2.19. The van der Waals surface area contributed by atoms with Crippen LogP contribution in [0.4, 0.5) is 5.69 Å². The minimum absolute atomic E-state index is 0.000734. The molecule has 0 unspecified atom stereocenters. The topological polar surface area (TPSA) is 123 Å². The fourth-order valence-electron chi connectivity index (χ4n) is 4.22. The van der Waals surface area contributed by atoms with E-state index in [-0.39, 0.29) is 35.2 Å². The van der Waals surface area contributed by atoms with E-state index in [1.807, 2.05) is 0 Å². The number of hydrogen-bond acceptors (Lipinski definition) is 7. The van der Waals surface area contributed by atoms with Crippen molar-refractivity contribution in [2.75, 3.05) is 19.5 Å². The summed E-state index contributed by atoms with van der Waals surface area (Å²) in [5.74, 6) is 0.976. The summed E-state index contributed by atoms with van der Waals surface area (Å²) in [7, 11) is -1.19. The number of nitrogens with one attached hydrogen (secondary N) is 2. The molecular weight excluding hydrogens is 592 g/mol. The Hall–Kier alpha value is -4.09. The van der Waals surface area contributed by atoms with Gasteiger partial charge in [0.1, 0.15) is 27.9 Å². The lowest BCUT2D eigenvalue weighted by Crippen LogP contribution is -2.24. The quantitative estimate of drug-likeness (QED) is 0.176. The van der Waals surface area contributed by atoms with Gasteiger partial charge in [0.05, 0.1) is 26.2 Å². The van der Waals surface area contributed by atoms with Gasteiger partial charge < -0.3 is 24.6 Å². The van der Waals surface area contributed by atoms with Gasteiger partial charge in [0.15, 0.2) is 0 Å². The van der Waals surface area contributed by atoms with Gasteiger partial charge >= 0.3 is 0 Å². The van der Waals surface area contributed by atoms with Gasteiger partial charge in [-0.2, -0.15) is 0 Å². The molecule has 0 fully saturated rings. The van der Waals surface area contributed by atoms with Gasteiger partial charge in [0.25, 0.3) is 0 Å². The average Bonchev–Trinajstić information content (AvgIpc) is 2.97. The maximum Gasteiger partial charge on any atom is 0.244 e. The van der Waals surface area contributed by atoms with Crippen molar-refractivity contribution in [2.45, 2.75) is 37.3 Å². The molecule has 0 radical (unpaired) electrons. The summed E-state index contributed by atoms with van der Waals surface area (Å²) in [6, 6.07) is 23.1. The predicted octanol–water partition coefficient (Wildman–Crippen LogP) is 6.04. The molecule has 1 amide bonds. The third-order valence-electron chi connectivity index (χ3n) is 6.54. The lowest BCUT2D eigenvalue weighted by molar-refractivity contribution is -0.115. The van der Waals surface area contributed by atoms with Crippen molar-refractivity contribution in [3.8, 4) is 23.0 Å². The summed E-state index contributed by atoms with van der Waals surface area (Å²) in [6.45, 7) is 3.19. The smallest absolute Gasteiger partial charge is 0.244 e. The largest absolute Gasteiger partial charge is 0.497 e. The fraction of sp³-hybridized carbons (Fsp3) is 0.219. The van der Waals surface area contributed by atoms with Gasteiger partial charge in [-0.3, -0.25) is 4.79 Å². The molecule has 0 heterocycles. The van der Waals surface area contributed by atoms with Crippen LogP contribution < -0.4 is 24.2 Å². The van der Waals surface area contributed by atoms with Crippen molar-refractivity contribution >= 4 is 33.2 Å². The third-order valence-corrected chi connectivity index (χ3v) is 8.33. The first-order valence-corrected chi connectivity index (χ1v) is 15.1. The second kappa shape index (κ2) is 13.5.